The Hall–Kier alpha value is -4.50. The highest BCUT2D eigenvalue weighted by molar-refractivity contribution is 8.00. The maximum Gasteiger partial charge on any atom is 0.350 e. The first-order chi connectivity index (χ1) is 19.5. The Bertz CT molecular complexity index is 1650. The largest absolute Gasteiger partial charge is 0.543 e. The van der Waals surface area contributed by atoms with E-state index in [0.29, 0.717) is 5.57 Å². The molecule has 0 aliphatic carbocycles. The molecule has 0 radical (unpaired) electrons. The van der Waals surface area contributed by atoms with Crippen LogP contribution < -0.4 is 20.7 Å². The Balaban J connectivity index is 1.36. The number of thiazole rings is 1. The number of nitrogens with two attached hydrogens (primary N) is 1. The molecule has 4 N–H and O–H groups in total. The fraction of sp³-hybridized carbons (Fsp3) is 0.269. The summed E-state index contributed by atoms with van der Waals surface area (Å²) in [5.41, 5.74) is 3.83. The number of carboxylic acids is 2. The molecule has 2 aliphatic heterocycles. The molecule has 5 rings (SSSR count). The zero-order valence-corrected chi connectivity index (χ0v) is 23.4. The van der Waals surface area contributed by atoms with Crippen LogP contribution in [0.1, 0.15) is 19.5 Å². The third-order valence-electron chi connectivity index (χ3n) is 6.51. The van der Waals surface area contributed by atoms with Crippen molar-refractivity contribution in [1.82, 2.24) is 15.2 Å². The van der Waals surface area contributed by atoms with Crippen molar-refractivity contribution < 1.29 is 38.8 Å². The van der Waals surface area contributed by atoms with Gasteiger partial charge in [-0.05, 0) is 25.3 Å². The molecule has 15 heteroatoms. The maximum atomic E-state index is 13.2. The van der Waals surface area contributed by atoms with Crippen molar-refractivity contribution in [3.63, 3.8) is 0 Å². The average molecular weight is 597 g/mol. The first-order valence-corrected chi connectivity index (χ1v) is 14.2. The zero-order chi connectivity index (χ0) is 29.5. The molecule has 2 atom stereocenters. The van der Waals surface area contributed by atoms with Gasteiger partial charge in [-0.1, -0.05) is 23.4 Å². The van der Waals surface area contributed by atoms with E-state index in [-0.39, 0.29) is 34.5 Å². The summed E-state index contributed by atoms with van der Waals surface area (Å²) in [6.45, 7) is 2.72. The number of hydrogen-bond donors (Lipinski definition) is 3. The number of nitrogen functional groups attached to an aromatic ring is 1. The number of amides is 2. The van der Waals surface area contributed by atoms with Crippen LogP contribution in [0, 0.1) is 0 Å². The summed E-state index contributed by atoms with van der Waals surface area (Å²) in [7, 11) is 0. The molecule has 0 saturated carbocycles. The molecule has 41 heavy (non-hydrogen) atoms. The van der Waals surface area contributed by atoms with Gasteiger partial charge in [-0.3, -0.25) is 14.5 Å². The van der Waals surface area contributed by atoms with Gasteiger partial charge in [0.25, 0.3) is 11.8 Å². The van der Waals surface area contributed by atoms with Gasteiger partial charge in [-0.25, -0.2) is 14.3 Å². The molecule has 0 bridgehead atoms. The zero-order valence-electron chi connectivity index (χ0n) is 21.8. The third kappa shape index (κ3) is 5.45. The highest BCUT2D eigenvalue weighted by atomic mass is 32.2. The number of carboxylic acid groups (broad SMARTS) is 2. The van der Waals surface area contributed by atoms with Gasteiger partial charge in [0.2, 0.25) is 5.60 Å². The van der Waals surface area contributed by atoms with Gasteiger partial charge in [0.05, 0.1) is 11.7 Å². The Labute approximate surface area is 241 Å². The number of aromatic nitrogens is 2. The van der Waals surface area contributed by atoms with Gasteiger partial charge in [0.15, 0.2) is 29.8 Å². The highest BCUT2D eigenvalue weighted by Gasteiger charge is 2.53. The van der Waals surface area contributed by atoms with Crippen LogP contribution in [0.4, 0.5) is 5.13 Å². The van der Waals surface area contributed by atoms with Crippen LogP contribution in [0.25, 0.3) is 10.8 Å². The SMILES string of the molecule is CC(C)(O/N=C(\C(=O)NC1C(=O)N2C(C(=O)[O-])=C(C[n+]3ccc4ccccc4c3)CS[C@H]12)c1csc(N)n1)C(=O)O. The second kappa shape index (κ2) is 10.8. The number of rotatable bonds is 9. The molecule has 1 aromatic carbocycles. The Kier molecular flexibility index (Phi) is 7.40. The lowest BCUT2D eigenvalue weighted by atomic mass is 10.0. The van der Waals surface area contributed by atoms with E-state index in [4.69, 9.17) is 10.6 Å². The lowest BCUT2D eigenvalue weighted by molar-refractivity contribution is -0.687. The van der Waals surface area contributed by atoms with Crippen LogP contribution in [0.5, 0.6) is 0 Å². The van der Waals surface area contributed by atoms with Crippen LogP contribution in [0.2, 0.25) is 0 Å². The van der Waals surface area contributed by atoms with Crippen molar-refractivity contribution in [3.05, 3.63) is 65.1 Å². The first-order valence-electron chi connectivity index (χ1n) is 12.2. The van der Waals surface area contributed by atoms with Crippen molar-refractivity contribution in [3.8, 4) is 0 Å². The number of thioether (sulfide) groups is 1. The van der Waals surface area contributed by atoms with Gasteiger partial charge in [0.1, 0.15) is 17.1 Å². The number of fused-ring (bicyclic) bond motifs is 2. The highest BCUT2D eigenvalue weighted by Crippen LogP contribution is 2.40. The van der Waals surface area contributed by atoms with Crippen LogP contribution in [0.3, 0.4) is 0 Å². The third-order valence-corrected chi connectivity index (χ3v) is 8.52. The number of β-lactam (4-membered cyclic amide) rings is 1. The van der Waals surface area contributed by atoms with Crippen LogP contribution in [0.15, 0.2) is 64.5 Å². The predicted octanol–water partition coefficient (Wildman–Crippen LogP) is -0.146. The average Bonchev–Trinajstić information content (AvgIpc) is 3.36. The number of pyridine rings is 1. The summed E-state index contributed by atoms with van der Waals surface area (Å²) in [6, 6.07) is 8.60. The second-order valence-corrected chi connectivity index (χ2v) is 11.8. The minimum atomic E-state index is -1.76. The molecule has 3 aromatic rings. The van der Waals surface area contributed by atoms with E-state index in [0.717, 1.165) is 27.0 Å². The number of hydrogen-bond acceptors (Lipinski definition) is 11. The van der Waals surface area contributed by atoms with Crippen molar-refractivity contribution >= 4 is 68.5 Å². The molecule has 2 amide bonds. The number of carbonyl (C=O) groups is 4. The number of benzene rings is 1. The number of carbonyl (C=O) groups excluding carboxylic acids is 3. The second-order valence-electron chi connectivity index (χ2n) is 9.76. The van der Waals surface area contributed by atoms with Crippen LogP contribution >= 0.6 is 23.1 Å². The smallest absolute Gasteiger partial charge is 0.350 e. The molecule has 0 spiro atoms. The summed E-state index contributed by atoms with van der Waals surface area (Å²) < 4.78 is 1.84. The van der Waals surface area contributed by atoms with Gasteiger partial charge >= 0.3 is 5.97 Å². The molecule has 2 aromatic heterocycles. The van der Waals surface area contributed by atoms with Crippen molar-refractivity contribution in [2.75, 3.05) is 11.5 Å². The van der Waals surface area contributed by atoms with E-state index >= 15 is 0 Å². The number of oxime groups is 1. The minimum absolute atomic E-state index is 0.0242. The standard InChI is InChI=1S/C26H24N6O7S2/c1-26(2,24(37)38)39-30-17(16-12-41-25(27)28-16)20(33)29-18-21(34)32-19(23(35)36)15(11-40-22(18)32)10-31-8-7-13-5-3-4-6-14(13)9-31/h3-9,12,18,22H,10-11H2,1-2H3,(H4-,27,28,29,33,35,36,37,38)/b30-17-/t18?,22-/m1/s1. The topological polar surface area (TPSA) is 191 Å². The Morgan fingerprint density at radius 1 is 1.29 bits per heavy atom. The van der Waals surface area contributed by atoms with Gasteiger partial charge < -0.3 is 30.9 Å². The van der Waals surface area contributed by atoms with Gasteiger partial charge in [-0.15, -0.1) is 23.1 Å². The van der Waals surface area contributed by atoms with E-state index in [1.54, 1.807) is 0 Å². The van der Waals surface area contributed by atoms with Crippen molar-refractivity contribution in [1.29, 1.82) is 0 Å². The lowest BCUT2D eigenvalue weighted by Gasteiger charge is -2.50. The molecule has 1 saturated heterocycles. The van der Waals surface area contributed by atoms with Crippen LogP contribution in [-0.2, 0) is 30.6 Å². The normalized spacial score (nSPS) is 19.0. The van der Waals surface area contributed by atoms with E-state index in [1.165, 1.54) is 31.0 Å². The van der Waals surface area contributed by atoms with Gasteiger partial charge in [0, 0.05) is 28.2 Å². The van der Waals surface area contributed by atoms with E-state index in [2.05, 4.69) is 15.5 Å². The number of aliphatic carboxylic acids is 2. The summed E-state index contributed by atoms with van der Waals surface area (Å²) in [6.07, 6.45) is 3.73. The molecule has 1 fully saturated rings. The fourth-order valence-electron chi connectivity index (χ4n) is 4.30. The summed E-state index contributed by atoms with van der Waals surface area (Å²) in [5.74, 6) is -4.04. The van der Waals surface area contributed by atoms with E-state index < -0.39 is 40.8 Å². The molecule has 4 heterocycles. The van der Waals surface area contributed by atoms with Gasteiger partial charge in [-0.2, -0.15) is 0 Å². The molecule has 2 aliphatic rings. The Morgan fingerprint density at radius 2 is 2.02 bits per heavy atom. The molecular formula is C26H24N6O7S2. The maximum absolute atomic E-state index is 13.2. The van der Waals surface area contributed by atoms with E-state index in [9.17, 15) is 29.4 Å². The molecular weight excluding hydrogens is 572 g/mol. The lowest BCUT2D eigenvalue weighted by Crippen LogP contribution is -2.71. The quantitative estimate of drug-likeness (QED) is 0.130. The molecule has 1 unspecified atom stereocenters. The number of nitrogens with zero attached hydrogens (tertiary/aromatic N) is 4. The number of anilines is 1. The Morgan fingerprint density at radius 3 is 2.68 bits per heavy atom. The predicted molar refractivity (Wildman–Crippen MR) is 147 cm³/mol. The summed E-state index contributed by atoms with van der Waals surface area (Å²) >= 11 is 2.32. The minimum Gasteiger partial charge on any atom is -0.543 e. The van der Waals surface area contributed by atoms with Crippen molar-refractivity contribution in [2.24, 2.45) is 5.16 Å². The van der Waals surface area contributed by atoms with Crippen molar-refractivity contribution in [2.45, 2.75) is 37.4 Å². The van der Waals surface area contributed by atoms with Crippen LogP contribution in [-0.4, -0.2) is 67.2 Å². The summed E-state index contributed by atoms with van der Waals surface area (Å²) in [4.78, 5) is 60.2. The monoisotopic (exact) mass is 596 g/mol. The fourth-order valence-corrected chi connectivity index (χ4v) is 6.18. The number of nitrogens with one attached hydrogen (secondary N) is 1. The first kappa shape index (κ1) is 28.0. The molecule has 212 valence electrons. The summed E-state index contributed by atoms with van der Waals surface area (Å²) in [5, 5.41) is 30.7. The van der Waals surface area contributed by atoms with E-state index in [1.807, 2.05) is 47.3 Å². The molecule has 13 nitrogen and oxygen atoms in total.